The van der Waals surface area contributed by atoms with Gasteiger partial charge in [-0.3, -0.25) is 9.78 Å². The van der Waals surface area contributed by atoms with E-state index in [4.69, 9.17) is 0 Å². The van der Waals surface area contributed by atoms with Crippen molar-refractivity contribution in [2.45, 2.75) is 13.5 Å². The van der Waals surface area contributed by atoms with E-state index in [2.05, 4.69) is 34.3 Å². The molecule has 1 N–H and O–H groups in total. The average Bonchev–Trinajstić information content (AvgIpc) is 3.02. The van der Waals surface area contributed by atoms with Crippen molar-refractivity contribution in [3.05, 3.63) is 71.0 Å². The van der Waals surface area contributed by atoms with Gasteiger partial charge in [0.1, 0.15) is 5.01 Å². The highest BCUT2D eigenvalue weighted by Gasteiger charge is 2.08. The second-order valence-electron chi connectivity index (χ2n) is 4.93. The molecule has 2 heterocycles. The standard InChI is InChI=1S/C17H15N3OS/c1-12-3-2-4-14(9-12)17-20-15(11-22-17)10-19-16(21)13-5-7-18-8-6-13/h2-9,11H,10H2,1H3,(H,19,21). The van der Waals surface area contributed by atoms with E-state index in [1.54, 1.807) is 35.9 Å². The Morgan fingerprint density at radius 1 is 1.23 bits per heavy atom. The number of carbonyl (C=O) groups is 1. The molecule has 3 rings (SSSR count). The van der Waals surface area contributed by atoms with Crippen molar-refractivity contribution in [1.29, 1.82) is 0 Å². The number of aryl methyl sites for hydroxylation is 1. The van der Waals surface area contributed by atoms with E-state index >= 15 is 0 Å². The van der Waals surface area contributed by atoms with E-state index in [0.29, 0.717) is 12.1 Å². The molecule has 1 aromatic carbocycles. The highest BCUT2D eigenvalue weighted by Crippen LogP contribution is 2.24. The molecule has 4 nitrogen and oxygen atoms in total. The van der Waals surface area contributed by atoms with Crippen LogP contribution < -0.4 is 5.32 Å². The van der Waals surface area contributed by atoms with Crippen LogP contribution in [-0.2, 0) is 6.54 Å². The van der Waals surface area contributed by atoms with Crippen LogP contribution in [0.5, 0.6) is 0 Å². The number of rotatable bonds is 4. The molecular weight excluding hydrogens is 294 g/mol. The van der Waals surface area contributed by atoms with Gasteiger partial charge in [0.2, 0.25) is 0 Å². The summed E-state index contributed by atoms with van der Waals surface area (Å²) in [5, 5.41) is 5.81. The fraction of sp³-hybridized carbons (Fsp3) is 0.118. The zero-order valence-corrected chi connectivity index (χ0v) is 12.9. The van der Waals surface area contributed by atoms with Gasteiger partial charge in [0.25, 0.3) is 5.91 Å². The van der Waals surface area contributed by atoms with E-state index in [-0.39, 0.29) is 5.91 Å². The first-order chi connectivity index (χ1) is 10.7. The van der Waals surface area contributed by atoms with Crippen molar-refractivity contribution in [1.82, 2.24) is 15.3 Å². The fourth-order valence-corrected chi connectivity index (χ4v) is 2.89. The molecule has 2 aromatic heterocycles. The molecule has 0 unspecified atom stereocenters. The molecule has 5 heteroatoms. The summed E-state index contributed by atoms with van der Waals surface area (Å²) >= 11 is 1.59. The van der Waals surface area contributed by atoms with Crippen LogP contribution in [0.4, 0.5) is 0 Å². The Morgan fingerprint density at radius 3 is 2.82 bits per heavy atom. The number of hydrogen-bond acceptors (Lipinski definition) is 4. The Labute approximate surface area is 132 Å². The summed E-state index contributed by atoms with van der Waals surface area (Å²) < 4.78 is 0. The monoisotopic (exact) mass is 309 g/mol. The SMILES string of the molecule is Cc1cccc(-c2nc(CNC(=O)c3ccncc3)cs2)c1. The maximum Gasteiger partial charge on any atom is 0.251 e. The number of pyridine rings is 1. The van der Waals surface area contributed by atoms with Crippen molar-refractivity contribution in [2.75, 3.05) is 0 Å². The van der Waals surface area contributed by atoms with Gasteiger partial charge in [0.15, 0.2) is 0 Å². The number of nitrogens with one attached hydrogen (secondary N) is 1. The number of thiazole rings is 1. The third kappa shape index (κ3) is 3.38. The van der Waals surface area contributed by atoms with Crippen molar-refractivity contribution in [3.63, 3.8) is 0 Å². The lowest BCUT2D eigenvalue weighted by Crippen LogP contribution is -2.22. The lowest BCUT2D eigenvalue weighted by Gasteiger charge is -2.02. The van der Waals surface area contributed by atoms with E-state index in [1.165, 1.54) is 5.56 Å². The Hall–Kier alpha value is -2.53. The minimum atomic E-state index is -0.118. The molecular formula is C17H15N3OS. The summed E-state index contributed by atoms with van der Waals surface area (Å²) in [6, 6.07) is 11.6. The van der Waals surface area contributed by atoms with Gasteiger partial charge in [-0.15, -0.1) is 11.3 Å². The van der Waals surface area contributed by atoms with E-state index < -0.39 is 0 Å². The highest BCUT2D eigenvalue weighted by atomic mass is 32.1. The highest BCUT2D eigenvalue weighted by molar-refractivity contribution is 7.13. The van der Waals surface area contributed by atoms with Gasteiger partial charge in [-0.2, -0.15) is 0 Å². The predicted molar refractivity (Wildman–Crippen MR) is 87.7 cm³/mol. The number of nitrogens with zero attached hydrogens (tertiary/aromatic N) is 2. The quantitative estimate of drug-likeness (QED) is 0.803. The second kappa shape index (κ2) is 6.49. The van der Waals surface area contributed by atoms with Crippen LogP contribution >= 0.6 is 11.3 Å². The zero-order valence-electron chi connectivity index (χ0n) is 12.1. The molecule has 0 aliphatic carbocycles. The van der Waals surface area contributed by atoms with Crippen LogP contribution in [0.25, 0.3) is 10.6 Å². The van der Waals surface area contributed by atoms with Gasteiger partial charge in [-0.1, -0.05) is 23.8 Å². The molecule has 0 saturated heterocycles. The summed E-state index contributed by atoms with van der Waals surface area (Å²) in [5.41, 5.74) is 3.78. The first-order valence-corrected chi connectivity index (χ1v) is 7.80. The minimum Gasteiger partial charge on any atom is -0.346 e. The average molecular weight is 309 g/mol. The molecule has 0 fully saturated rings. The second-order valence-corrected chi connectivity index (χ2v) is 5.79. The topological polar surface area (TPSA) is 54.9 Å². The predicted octanol–water partition coefficient (Wildman–Crippen LogP) is 3.44. The van der Waals surface area contributed by atoms with Crippen LogP contribution in [0.15, 0.2) is 54.2 Å². The van der Waals surface area contributed by atoms with Crippen LogP contribution in [0, 0.1) is 6.92 Å². The Balaban J connectivity index is 1.66. The Bertz CT molecular complexity index is 783. The Kier molecular flexibility index (Phi) is 4.25. The zero-order chi connectivity index (χ0) is 15.4. The number of hydrogen-bond donors (Lipinski definition) is 1. The number of benzene rings is 1. The summed E-state index contributed by atoms with van der Waals surface area (Å²) in [7, 11) is 0. The summed E-state index contributed by atoms with van der Waals surface area (Å²) in [6.45, 7) is 2.48. The molecule has 110 valence electrons. The lowest BCUT2D eigenvalue weighted by molar-refractivity contribution is 0.0950. The van der Waals surface area contributed by atoms with E-state index in [0.717, 1.165) is 16.3 Å². The molecule has 22 heavy (non-hydrogen) atoms. The number of aromatic nitrogens is 2. The minimum absolute atomic E-state index is 0.118. The van der Waals surface area contributed by atoms with Crippen LogP contribution in [-0.4, -0.2) is 15.9 Å². The maximum atomic E-state index is 12.0. The third-order valence-corrected chi connectivity index (χ3v) is 4.13. The van der Waals surface area contributed by atoms with Crippen molar-refractivity contribution in [2.24, 2.45) is 0 Å². The largest absolute Gasteiger partial charge is 0.346 e. The molecule has 3 aromatic rings. The van der Waals surface area contributed by atoms with Gasteiger partial charge >= 0.3 is 0 Å². The Morgan fingerprint density at radius 2 is 2.05 bits per heavy atom. The summed E-state index contributed by atoms with van der Waals surface area (Å²) in [5.74, 6) is -0.118. The smallest absolute Gasteiger partial charge is 0.251 e. The first-order valence-electron chi connectivity index (χ1n) is 6.92. The molecule has 0 spiro atoms. The third-order valence-electron chi connectivity index (χ3n) is 3.19. The van der Waals surface area contributed by atoms with Crippen molar-refractivity contribution < 1.29 is 4.79 Å². The fourth-order valence-electron chi connectivity index (χ4n) is 2.08. The van der Waals surface area contributed by atoms with Crippen LogP contribution in [0.1, 0.15) is 21.6 Å². The summed E-state index contributed by atoms with van der Waals surface area (Å²) in [4.78, 5) is 20.5. The van der Waals surface area contributed by atoms with Gasteiger partial charge in [0.05, 0.1) is 12.2 Å². The molecule has 0 atom stereocenters. The molecule has 0 bridgehead atoms. The van der Waals surface area contributed by atoms with Crippen LogP contribution in [0.2, 0.25) is 0 Å². The van der Waals surface area contributed by atoms with Gasteiger partial charge < -0.3 is 5.32 Å². The van der Waals surface area contributed by atoms with Gasteiger partial charge in [-0.05, 0) is 25.1 Å². The van der Waals surface area contributed by atoms with Crippen molar-refractivity contribution in [3.8, 4) is 10.6 Å². The van der Waals surface area contributed by atoms with Gasteiger partial charge in [0, 0.05) is 28.9 Å². The molecule has 1 amide bonds. The molecule has 0 radical (unpaired) electrons. The normalized spacial score (nSPS) is 10.4. The first kappa shape index (κ1) is 14.4. The summed E-state index contributed by atoms with van der Waals surface area (Å²) in [6.07, 6.45) is 3.21. The van der Waals surface area contributed by atoms with Crippen molar-refractivity contribution >= 4 is 17.2 Å². The van der Waals surface area contributed by atoms with Crippen LogP contribution in [0.3, 0.4) is 0 Å². The molecule has 0 aliphatic heterocycles. The number of amides is 1. The molecule has 0 aliphatic rings. The van der Waals surface area contributed by atoms with E-state index in [1.807, 2.05) is 17.5 Å². The maximum absolute atomic E-state index is 12.0. The van der Waals surface area contributed by atoms with Gasteiger partial charge in [-0.25, -0.2) is 4.98 Å². The lowest BCUT2D eigenvalue weighted by atomic mass is 10.1. The van der Waals surface area contributed by atoms with E-state index in [9.17, 15) is 4.79 Å². The molecule has 0 saturated carbocycles. The number of carbonyl (C=O) groups excluding carboxylic acids is 1.